The quantitative estimate of drug-likeness (QED) is 0.875. The van der Waals surface area contributed by atoms with Gasteiger partial charge >= 0.3 is 0 Å². The molecule has 0 bridgehead atoms. The first kappa shape index (κ1) is 15.0. The maximum absolute atomic E-state index is 12.3. The van der Waals surface area contributed by atoms with Gasteiger partial charge in [-0.3, -0.25) is 9.59 Å². The summed E-state index contributed by atoms with van der Waals surface area (Å²) in [6.45, 7) is 5.35. The third-order valence-corrected chi connectivity index (χ3v) is 4.78. The monoisotopic (exact) mass is 294 g/mol. The molecule has 1 atom stereocenters. The van der Waals surface area contributed by atoms with E-state index in [1.807, 2.05) is 6.92 Å². The van der Waals surface area contributed by atoms with Crippen LogP contribution in [0.25, 0.3) is 0 Å². The SMILES string of the molecule is CCc1ccsc1CNC(=O)[C@H](CC)N1CCCC1=O. The minimum atomic E-state index is -0.310. The van der Waals surface area contributed by atoms with Gasteiger partial charge < -0.3 is 10.2 Å². The standard InChI is InChI=1S/C15H22N2O2S/c1-3-11-7-9-20-13(11)10-16-15(19)12(4-2)17-8-5-6-14(17)18/h7,9,12H,3-6,8,10H2,1-2H3,(H,16,19)/t12-/m0/s1. The molecule has 0 saturated carbocycles. The molecule has 0 aliphatic carbocycles. The number of carbonyl (C=O) groups is 2. The second-order valence-electron chi connectivity index (χ2n) is 5.06. The van der Waals surface area contributed by atoms with E-state index in [9.17, 15) is 9.59 Å². The summed E-state index contributed by atoms with van der Waals surface area (Å²) in [4.78, 5) is 27.0. The van der Waals surface area contributed by atoms with Crippen molar-refractivity contribution in [2.75, 3.05) is 6.54 Å². The molecule has 0 aromatic carbocycles. The third-order valence-electron chi connectivity index (χ3n) is 3.82. The van der Waals surface area contributed by atoms with Crippen molar-refractivity contribution in [1.82, 2.24) is 10.2 Å². The Morgan fingerprint density at radius 1 is 1.50 bits per heavy atom. The molecule has 20 heavy (non-hydrogen) atoms. The molecule has 0 unspecified atom stereocenters. The van der Waals surface area contributed by atoms with Crippen LogP contribution in [0.4, 0.5) is 0 Å². The molecule has 2 rings (SSSR count). The van der Waals surface area contributed by atoms with Crippen LogP contribution in [0.2, 0.25) is 0 Å². The second kappa shape index (κ2) is 6.88. The van der Waals surface area contributed by atoms with Gasteiger partial charge in [-0.2, -0.15) is 0 Å². The van der Waals surface area contributed by atoms with Crippen LogP contribution < -0.4 is 5.32 Å². The molecular formula is C15H22N2O2S. The van der Waals surface area contributed by atoms with Crippen LogP contribution in [0, 0.1) is 0 Å². The van der Waals surface area contributed by atoms with E-state index in [4.69, 9.17) is 0 Å². The van der Waals surface area contributed by atoms with Crippen molar-refractivity contribution in [3.63, 3.8) is 0 Å². The number of carbonyl (C=O) groups excluding carboxylic acids is 2. The van der Waals surface area contributed by atoms with E-state index >= 15 is 0 Å². The summed E-state index contributed by atoms with van der Waals surface area (Å²) < 4.78 is 0. The van der Waals surface area contributed by atoms with E-state index in [1.54, 1.807) is 16.2 Å². The molecule has 1 saturated heterocycles. The lowest BCUT2D eigenvalue weighted by molar-refractivity contribution is -0.137. The Labute approximate surface area is 124 Å². The Kier molecular flexibility index (Phi) is 5.17. The summed E-state index contributed by atoms with van der Waals surface area (Å²) >= 11 is 1.67. The van der Waals surface area contributed by atoms with E-state index in [0.717, 1.165) is 12.8 Å². The number of likely N-dealkylation sites (tertiary alicyclic amines) is 1. The first-order valence-corrected chi connectivity index (χ1v) is 8.17. The average Bonchev–Trinajstić information content (AvgIpc) is 3.06. The molecule has 5 heteroatoms. The van der Waals surface area contributed by atoms with Crippen molar-refractivity contribution in [3.05, 3.63) is 21.9 Å². The van der Waals surface area contributed by atoms with Gasteiger partial charge in [-0.05, 0) is 36.3 Å². The number of thiophene rings is 1. The predicted octanol–water partition coefficient (Wildman–Crippen LogP) is 2.33. The first-order chi connectivity index (χ1) is 9.67. The van der Waals surface area contributed by atoms with Gasteiger partial charge in [-0.25, -0.2) is 0 Å². The average molecular weight is 294 g/mol. The van der Waals surface area contributed by atoms with Gasteiger partial charge in [0.05, 0.1) is 6.54 Å². The van der Waals surface area contributed by atoms with Crippen molar-refractivity contribution < 1.29 is 9.59 Å². The van der Waals surface area contributed by atoms with E-state index in [0.29, 0.717) is 25.9 Å². The number of hydrogen-bond acceptors (Lipinski definition) is 3. The van der Waals surface area contributed by atoms with E-state index in [1.165, 1.54) is 10.4 Å². The zero-order chi connectivity index (χ0) is 14.5. The van der Waals surface area contributed by atoms with E-state index in [2.05, 4.69) is 23.7 Å². The smallest absolute Gasteiger partial charge is 0.243 e. The Morgan fingerprint density at radius 2 is 2.30 bits per heavy atom. The summed E-state index contributed by atoms with van der Waals surface area (Å²) in [6, 6.07) is 1.79. The summed E-state index contributed by atoms with van der Waals surface area (Å²) in [6.07, 6.45) is 3.10. The van der Waals surface area contributed by atoms with Gasteiger partial charge in [-0.15, -0.1) is 11.3 Å². The lowest BCUT2D eigenvalue weighted by atomic mass is 10.1. The summed E-state index contributed by atoms with van der Waals surface area (Å²) in [5, 5.41) is 5.04. The fraction of sp³-hybridized carbons (Fsp3) is 0.600. The number of hydrogen-bond donors (Lipinski definition) is 1. The van der Waals surface area contributed by atoms with E-state index < -0.39 is 0 Å². The molecule has 1 aromatic heterocycles. The van der Waals surface area contributed by atoms with Crippen LogP contribution in [-0.4, -0.2) is 29.3 Å². The number of rotatable bonds is 6. The molecule has 1 fully saturated rings. The molecule has 0 spiro atoms. The highest BCUT2D eigenvalue weighted by Gasteiger charge is 2.31. The van der Waals surface area contributed by atoms with Crippen molar-refractivity contribution >= 4 is 23.2 Å². The van der Waals surface area contributed by atoms with Gasteiger partial charge in [0.25, 0.3) is 0 Å². The molecule has 1 aliphatic rings. The molecule has 4 nitrogen and oxygen atoms in total. The largest absolute Gasteiger partial charge is 0.349 e. The minimum absolute atomic E-state index is 0.0294. The number of nitrogens with zero attached hydrogens (tertiary/aromatic N) is 1. The maximum Gasteiger partial charge on any atom is 0.243 e. The molecule has 1 N–H and O–H groups in total. The van der Waals surface area contributed by atoms with Crippen LogP contribution in [-0.2, 0) is 22.6 Å². The van der Waals surface area contributed by atoms with Crippen LogP contribution in [0.15, 0.2) is 11.4 Å². The predicted molar refractivity (Wildman–Crippen MR) is 80.6 cm³/mol. The van der Waals surface area contributed by atoms with Crippen molar-refractivity contribution in [1.29, 1.82) is 0 Å². The topological polar surface area (TPSA) is 49.4 Å². The fourth-order valence-electron chi connectivity index (χ4n) is 2.67. The number of amides is 2. The summed E-state index contributed by atoms with van der Waals surface area (Å²) in [5.41, 5.74) is 1.29. The highest BCUT2D eigenvalue weighted by Crippen LogP contribution is 2.18. The van der Waals surface area contributed by atoms with Crippen molar-refractivity contribution in [2.24, 2.45) is 0 Å². The maximum atomic E-state index is 12.3. The van der Waals surface area contributed by atoms with E-state index in [-0.39, 0.29) is 17.9 Å². The first-order valence-electron chi connectivity index (χ1n) is 7.29. The fourth-order valence-corrected chi connectivity index (χ4v) is 3.58. The minimum Gasteiger partial charge on any atom is -0.349 e. The number of aryl methyl sites for hydroxylation is 1. The Morgan fingerprint density at radius 3 is 2.90 bits per heavy atom. The zero-order valence-corrected chi connectivity index (χ0v) is 13.0. The van der Waals surface area contributed by atoms with Gasteiger partial charge in [-0.1, -0.05) is 13.8 Å². The third kappa shape index (κ3) is 3.20. The number of nitrogens with one attached hydrogen (secondary N) is 1. The normalized spacial score (nSPS) is 16.5. The van der Waals surface area contributed by atoms with Gasteiger partial charge in [0, 0.05) is 17.8 Å². The van der Waals surface area contributed by atoms with Crippen molar-refractivity contribution in [3.8, 4) is 0 Å². The van der Waals surface area contributed by atoms with Crippen LogP contribution in [0.3, 0.4) is 0 Å². The summed E-state index contributed by atoms with van der Waals surface area (Å²) in [7, 11) is 0. The van der Waals surface area contributed by atoms with Crippen LogP contribution in [0.1, 0.15) is 43.6 Å². The molecule has 110 valence electrons. The van der Waals surface area contributed by atoms with Gasteiger partial charge in [0.15, 0.2) is 0 Å². The Hall–Kier alpha value is -1.36. The second-order valence-corrected chi connectivity index (χ2v) is 6.06. The summed E-state index contributed by atoms with van der Waals surface area (Å²) in [5.74, 6) is 0.0792. The Bertz CT molecular complexity index is 484. The molecule has 2 heterocycles. The molecular weight excluding hydrogens is 272 g/mol. The van der Waals surface area contributed by atoms with Crippen molar-refractivity contribution in [2.45, 2.75) is 52.1 Å². The molecule has 2 amide bonds. The highest BCUT2D eigenvalue weighted by molar-refractivity contribution is 7.10. The Balaban J connectivity index is 1.94. The lowest BCUT2D eigenvalue weighted by Gasteiger charge is -2.25. The van der Waals surface area contributed by atoms with Gasteiger partial charge in [0.1, 0.15) is 6.04 Å². The van der Waals surface area contributed by atoms with Crippen LogP contribution in [0.5, 0.6) is 0 Å². The van der Waals surface area contributed by atoms with Crippen LogP contribution >= 0.6 is 11.3 Å². The highest BCUT2D eigenvalue weighted by atomic mass is 32.1. The molecule has 1 aliphatic heterocycles. The molecule has 1 aromatic rings. The van der Waals surface area contributed by atoms with Gasteiger partial charge in [0.2, 0.25) is 11.8 Å². The zero-order valence-electron chi connectivity index (χ0n) is 12.1. The lowest BCUT2D eigenvalue weighted by Crippen LogP contribution is -2.46. The molecule has 0 radical (unpaired) electrons.